The summed E-state index contributed by atoms with van der Waals surface area (Å²) in [6.45, 7) is 2.02. The average molecular weight is 158 g/mol. The Bertz CT molecular complexity index is 175. The molecule has 0 aromatic heterocycles. The zero-order valence-corrected chi connectivity index (χ0v) is 6.33. The fourth-order valence-corrected chi connectivity index (χ4v) is 0.907. The van der Waals surface area contributed by atoms with Gasteiger partial charge in [0.05, 0.1) is 19.6 Å². The molecule has 0 saturated carbocycles. The molecule has 0 N–H and O–H groups in total. The standard InChI is InChI=1S/C7H10O4/c1-5(8)10-3-6-2-7(9)11-4-6/h6H,2-4H2,1H3/t6-/m0/s1. The highest BCUT2D eigenvalue weighted by molar-refractivity contribution is 5.71. The van der Waals surface area contributed by atoms with E-state index in [-0.39, 0.29) is 17.9 Å². The van der Waals surface area contributed by atoms with E-state index in [1.54, 1.807) is 0 Å². The second-order valence-electron chi connectivity index (χ2n) is 2.56. The van der Waals surface area contributed by atoms with Gasteiger partial charge in [0.25, 0.3) is 0 Å². The Morgan fingerprint density at radius 2 is 2.55 bits per heavy atom. The molecule has 0 radical (unpaired) electrons. The average Bonchev–Trinajstić information content (AvgIpc) is 2.31. The van der Waals surface area contributed by atoms with Crippen LogP contribution in [0.3, 0.4) is 0 Å². The smallest absolute Gasteiger partial charge is 0.306 e. The molecule has 62 valence electrons. The van der Waals surface area contributed by atoms with E-state index in [0.717, 1.165) is 0 Å². The predicted octanol–water partition coefficient (Wildman–Crippen LogP) is 0.113. The van der Waals surface area contributed by atoms with Crippen LogP contribution in [0, 0.1) is 5.92 Å². The van der Waals surface area contributed by atoms with Crippen molar-refractivity contribution in [3.05, 3.63) is 0 Å². The molecular weight excluding hydrogens is 148 g/mol. The topological polar surface area (TPSA) is 52.6 Å². The first kappa shape index (κ1) is 8.04. The van der Waals surface area contributed by atoms with E-state index in [1.807, 2.05) is 0 Å². The van der Waals surface area contributed by atoms with Gasteiger partial charge in [0.2, 0.25) is 0 Å². The molecule has 0 amide bonds. The monoisotopic (exact) mass is 158 g/mol. The number of carbonyl (C=O) groups is 2. The summed E-state index contributed by atoms with van der Waals surface area (Å²) < 4.78 is 9.37. The molecular formula is C7H10O4. The lowest BCUT2D eigenvalue weighted by molar-refractivity contribution is -0.142. The molecule has 1 aliphatic rings. The lowest BCUT2D eigenvalue weighted by Crippen LogP contribution is -2.11. The Hall–Kier alpha value is -1.06. The van der Waals surface area contributed by atoms with Crippen LogP contribution in [-0.4, -0.2) is 25.2 Å². The van der Waals surface area contributed by atoms with Crippen LogP contribution >= 0.6 is 0 Å². The van der Waals surface area contributed by atoms with Gasteiger partial charge in [0.15, 0.2) is 0 Å². The Morgan fingerprint density at radius 3 is 3.00 bits per heavy atom. The van der Waals surface area contributed by atoms with Gasteiger partial charge in [-0.1, -0.05) is 0 Å². The van der Waals surface area contributed by atoms with Crippen molar-refractivity contribution in [2.75, 3.05) is 13.2 Å². The van der Waals surface area contributed by atoms with Crippen LogP contribution in [0.4, 0.5) is 0 Å². The van der Waals surface area contributed by atoms with Gasteiger partial charge < -0.3 is 9.47 Å². The van der Waals surface area contributed by atoms with E-state index in [9.17, 15) is 9.59 Å². The molecule has 0 unspecified atom stereocenters. The molecule has 1 saturated heterocycles. The summed E-state index contributed by atoms with van der Waals surface area (Å²) in [5.41, 5.74) is 0. The van der Waals surface area contributed by atoms with Crippen molar-refractivity contribution < 1.29 is 19.1 Å². The maximum Gasteiger partial charge on any atom is 0.306 e. The fraction of sp³-hybridized carbons (Fsp3) is 0.714. The van der Waals surface area contributed by atoms with Gasteiger partial charge in [-0.2, -0.15) is 0 Å². The van der Waals surface area contributed by atoms with E-state index in [2.05, 4.69) is 4.74 Å². The summed E-state index contributed by atoms with van der Waals surface area (Å²) in [5.74, 6) is -0.460. The highest BCUT2D eigenvalue weighted by Crippen LogP contribution is 2.13. The molecule has 0 spiro atoms. The first-order chi connectivity index (χ1) is 5.18. The second kappa shape index (κ2) is 3.37. The lowest BCUT2D eigenvalue weighted by atomic mass is 10.1. The van der Waals surface area contributed by atoms with Gasteiger partial charge in [-0.05, 0) is 0 Å². The van der Waals surface area contributed by atoms with Crippen molar-refractivity contribution in [2.45, 2.75) is 13.3 Å². The van der Waals surface area contributed by atoms with Gasteiger partial charge in [0, 0.05) is 12.8 Å². The zero-order chi connectivity index (χ0) is 8.27. The molecule has 1 atom stereocenters. The van der Waals surface area contributed by atoms with Crippen molar-refractivity contribution >= 4 is 11.9 Å². The second-order valence-corrected chi connectivity index (χ2v) is 2.56. The number of ether oxygens (including phenoxy) is 2. The van der Waals surface area contributed by atoms with E-state index in [0.29, 0.717) is 19.6 Å². The van der Waals surface area contributed by atoms with Gasteiger partial charge >= 0.3 is 11.9 Å². The van der Waals surface area contributed by atoms with Crippen LogP contribution in [-0.2, 0) is 19.1 Å². The number of cyclic esters (lactones) is 1. The van der Waals surface area contributed by atoms with Crippen LogP contribution < -0.4 is 0 Å². The Morgan fingerprint density at radius 1 is 1.82 bits per heavy atom. The third kappa shape index (κ3) is 2.57. The normalized spacial score (nSPS) is 23.0. The summed E-state index contributed by atoms with van der Waals surface area (Å²) in [4.78, 5) is 20.9. The largest absolute Gasteiger partial charge is 0.465 e. The SMILES string of the molecule is CC(=O)OC[C@H]1COC(=O)C1. The molecule has 4 nitrogen and oxygen atoms in total. The van der Waals surface area contributed by atoms with E-state index in [1.165, 1.54) is 6.92 Å². The molecule has 1 fully saturated rings. The first-order valence-corrected chi connectivity index (χ1v) is 3.47. The quantitative estimate of drug-likeness (QED) is 0.535. The summed E-state index contributed by atoms with van der Waals surface area (Å²) >= 11 is 0. The summed E-state index contributed by atoms with van der Waals surface area (Å²) in [6.07, 6.45) is 0.368. The van der Waals surface area contributed by atoms with Gasteiger partial charge in [-0.3, -0.25) is 9.59 Å². The van der Waals surface area contributed by atoms with E-state index < -0.39 is 0 Å². The van der Waals surface area contributed by atoms with Crippen molar-refractivity contribution in [3.63, 3.8) is 0 Å². The third-order valence-electron chi connectivity index (χ3n) is 1.46. The third-order valence-corrected chi connectivity index (χ3v) is 1.46. The van der Waals surface area contributed by atoms with Crippen molar-refractivity contribution in [1.82, 2.24) is 0 Å². The van der Waals surface area contributed by atoms with E-state index in [4.69, 9.17) is 4.74 Å². The van der Waals surface area contributed by atoms with Crippen LogP contribution in [0.2, 0.25) is 0 Å². The highest BCUT2D eigenvalue weighted by Gasteiger charge is 2.24. The Kier molecular flexibility index (Phi) is 2.46. The van der Waals surface area contributed by atoms with Crippen molar-refractivity contribution in [2.24, 2.45) is 5.92 Å². The Balaban J connectivity index is 2.18. The number of esters is 2. The molecule has 0 aliphatic carbocycles. The van der Waals surface area contributed by atoms with Gasteiger partial charge in [-0.15, -0.1) is 0 Å². The van der Waals surface area contributed by atoms with Crippen molar-refractivity contribution in [3.8, 4) is 0 Å². The number of hydrogen-bond donors (Lipinski definition) is 0. The summed E-state index contributed by atoms with van der Waals surface area (Å²) in [6, 6.07) is 0. The van der Waals surface area contributed by atoms with Gasteiger partial charge in [-0.25, -0.2) is 0 Å². The summed E-state index contributed by atoms with van der Waals surface area (Å²) in [7, 11) is 0. The zero-order valence-electron chi connectivity index (χ0n) is 6.33. The summed E-state index contributed by atoms with van der Waals surface area (Å²) in [5, 5.41) is 0. The minimum Gasteiger partial charge on any atom is -0.465 e. The minimum absolute atomic E-state index is 0.0615. The fourth-order valence-electron chi connectivity index (χ4n) is 0.907. The molecule has 4 heteroatoms. The molecule has 0 bridgehead atoms. The van der Waals surface area contributed by atoms with Crippen LogP contribution in [0.1, 0.15) is 13.3 Å². The maximum atomic E-state index is 10.5. The molecule has 0 aromatic carbocycles. The van der Waals surface area contributed by atoms with Crippen LogP contribution in [0.15, 0.2) is 0 Å². The molecule has 0 aromatic rings. The molecule has 1 rings (SSSR count). The number of hydrogen-bond acceptors (Lipinski definition) is 4. The van der Waals surface area contributed by atoms with Crippen LogP contribution in [0.25, 0.3) is 0 Å². The predicted molar refractivity (Wildman–Crippen MR) is 35.7 cm³/mol. The molecule has 11 heavy (non-hydrogen) atoms. The molecule has 1 heterocycles. The lowest BCUT2D eigenvalue weighted by Gasteiger charge is -2.04. The molecule has 1 aliphatic heterocycles. The van der Waals surface area contributed by atoms with Crippen LogP contribution in [0.5, 0.6) is 0 Å². The van der Waals surface area contributed by atoms with E-state index >= 15 is 0 Å². The highest BCUT2D eigenvalue weighted by atomic mass is 16.6. The number of carbonyl (C=O) groups excluding carboxylic acids is 2. The maximum absolute atomic E-state index is 10.5. The number of rotatable bonds is 2. The van der Waals surface area contributed by atoms with Crippen molar-refractivity contribution in [1.29, 1.82) is 0 Å². The minimum atomic E-state index is -0.315. The Labute approximate surface area is 64.5 Å². The van der Waals surface area contributed by atoms with Gasteiger partial charge in [0.1, 0.15) is 0 Å². The first-order valence-electron chi connectivity index (χ1n) is 3.47.